The van der Waals surface area contributed by atoms with Crippen LogP contribution in [0.25, 0.3) is 0 Å². The van der Waals surface area contributed by atoms with Crippen LogP contribution in [0.2, 0.25) is 0 Å². The molecule has 1 saturated carbocycles. The van der Waals surface area contributed by atoms with Gasteiger partial charge in [-0.1, -0.05) is 12.8 Å². The van der Waals surface area contributed by atoms with Crippen LogP contribution in [0, 0.1) is 6.92 Å². The fourth-order valence-electron chi connectivity index (χ4n) is 3.00. The van der Waals surface area contributed by atoms with Crippen molar-refractivity contribution in [3.05, 3.63) is 36.0 Å². The van der Waals surface area contributed by atoms with Gasteiger partial charge < -0.3 is 20.1 Å². The van der Waals surface area contributed by atoms with Crippen LogP contribution >= 0.6 is 0 Å². The average Bonchev–Trinajstić information content (AvgIpc) is 3.12. The number of aryl methyl sites for hydroxylation is 1. The zero-order valence-corrected chi connectivity index (χ0v) is 14.9. The summed E-state index contributed by atoms with van der Waals surface area (Å²) in [5, 5.41) is 6.75. The van der Waals surface area contributed by atoms with E-state index in [0.29, 0.717) is 25.1 Å². The lowest BCUT2D eigenvalue weighted by molar-refractivity contribution is 0.331. The Balaban J connectivity index is 1.47. The molecule has 0 saturated heterocycles. The lowest BCUT2D eigenvalue weighted by Gasteiger charge is -2.14. The van der Waals surface area contributed by atoms with Crippen LogP contribution in [0.5, 0.6) is 11.5 Å². The molecule has 3 rings (SSSR count). The molecule has 0 atom stereocenters. The normalized spacial score (nSPS) is 14.3. The van der Waals surface area contributed by atoms with Gasteiger partial charge in [-0.05, 0) is 44.0 Å². The summed E-state index contributed by atoms with van der Waals surface area (Å²) < 4.78 is 10.9. The summed E-state index contributed by atoms with van der Waals surface area (Å²) in [6.45, 7) is 3.21. The molecule has 2 aromatic rings. The predicted molar refractivity (Wildman–Crippen MR) is 99.6 cm³/mol. The molecule has 1 aliphatic rings. The smallest absolute Gasteiger partial charge is 0.225 e. The Hall–Kier alpha value is -2.50. The van der Waals surface area contributed by atoms with Crippen molar-refractivity contribution in [2.45, 2.75) is 38.6 Å². The molecule has 134 valence electrons. The van der Waals surface area contributed by atoms with E-state index in [1.807, 2.05) is 37.3 Å². The van der Waals surface area contributed by atoms with Crippen molar-refractivity contribution in [3.63, 3.8) is 0 Å². The molecule has 0 amide bonds. The molecule has 1 heterocycles. The van der Waals surface area contributed by atoms with Gasteiger partial charge in [0.25, 0.3) is 0 Å². The van der Waals surface area contributed by atoms with E-state index in [1.165, 1.54) is 25.7 Å². The molecule has 0 spiro atoms. The molecular weight excluding hydrogens is 316 g/mol. The molecule has 1 aliphatic carbocycles. The van der Waals surface area contributed by atoms with Crippen LogP contribution in [0.15, 0.2) is 30.3 Å². The van der Waals surface area contributed by atoms with Crippen molar-refractivity contribution >= 4 is 11.8 Å². The first-order chi connectivity index (χ1) is 12.2. The molecule has 1 aromatic heterocycles. The molecule has 6 heteroatoms. The number of benzene rings is 1. The number of nitrogens with one attached hydrogen (secondary N) is 2. The second-order valence-electron chi connectivity index (χ2n) is 6.29. The standard InChI is InChI=1S/C19H26N4O2/c1-14-13-18(23-19(21-14)22-15-5-3-4-6-15)20-11-12-25-17-9-7-16(24-2)8-10-17/h7-10,13,15H,3-6,11-12H2,1-2H3,(H2,20,21,22,23). The van der Waals surface area contributed by atoms with E-state index in [1.54, 1.807) is 7.11 Å². The van der Waals surface area contributed by atoms with Crippen molar-refractivity contribution < 1.29 is 9.47 Å². The summed E-state index contributed by atoms with van der Waals surface area (Å²) in [7, 11) is 1.65. The maximum atomic E-state index is 5.72. The number of anilines is 2. The van der Waals surface area contributed by atoms with Crippen LogP contribution < -0.4 is 20.1 Å². The zero-order chi connectivity index (χ0) is 17.5. The number of hydrogen-bond acceptors (Lipinski definition) is 6. The molecule has 0 radical (unpaired) electrons. The molecule has 0 aliphatic heterocycles. The van der Waals surface area contributed by atoms with Crippen molar-refractivity contribution in [2.24, 2.45) is 0 Å². The fraction of sp³-hybridized carbons (Fsp3) is 0.474. The van der Waals surface area contributed by atoms with Gasteiger partial charge in [-0.2, -0.15) is 4.98 Å². The van der Waals surface area contributed by atoms with Gasteiger partial charge in [-0.25, -0.2) is 4.98 Å². The highest BCUT2D eigenvalue weighted by Crippen LogP contribution is 2.21. The van der Waals surface area contributed by atoms with E-state index in [4.69, 9.17) is 9.47 Å². The maximum absolute atomic E-state index is 5.72. The van der Waals surface area contributed by atoms with Crippen molar-refractivity contribution in [2.75, 3.05) is 30.9 Å². The molecule has 6 nitrogen and oxygen atoms in total. The Morgan fingerprint density at radius 3 is 2.52 bits per heavy atom. The van der Waals surface area contributed by atoms with Crippen LogP contribution in [0.1, 0.15) is 31.4 Å². The van der Waals surface area contributed by atoms with E-state index < -0.39 is 0 Å². The number of ether oxygens (including phenoxy) is 2. The molecule has 0 unspecified atom stereocenters. The number of rotatable bonds is 8. The van der Waals surface area contributed by atoms with Crippen LogP contribution in [0.4, 0.5) is 11.8 Å². The Morgan fingerprint density at radius 1 is 1.08 bits per heavy atom. The van der Waals surface area contributed by atoms with Crippen molar-refractivity contribution in [3.8, 4) is 11.5 Å². The van der Waals surface area contributed by atoms with Gasteiger partial charge in [-0.15, -0.1) is 0 Å². The Labute approximate surface area is 149 Å². The quantitative estimate of drug-likeness (QED) is 0.714. The third-order valence-electron chi connectivity index (χ3n) is 4.28. The molecule has 25 heavy (non-hydrogen) atoms. The summed E-state index contributed by atoms with van der Waals surface area (Å²) in [5.74, 6) is 3.19. The van der Waals surface area contributed by atoms with Gasteiger partial charge in [0.15, 0.2) is 0 Å². The second kappa shape index (κ2) is 8.55. The number of hydrogen-bond donors (Lipinski definition) is 2. The summed E-state index contributed by atoms with van der Waals surface area (Å²) >= 11 is 0. The fourth-order valence-corrected chi connectivity index (χ4v) is 3.00. The molecule has 2 N–H and O–H groups in total. The van der Waals surface area contributed by atoms with E-state index in [9.17, 15) is 0 Å². The van der Waals surface area contributed by atoms with Crippen molar-refractivity contribution in [1.82, 2.24) is 9.97 Å². The first-order valence-electron chi connectivity index (χ1n) is 8.86. The number of nitrogens with zero attached hydrogens (tertiary/aromatic N) is 2. The maximum Gasteiger partial charge on any atom is 0.225 e. The Bertz CT molecular complexity index is 670. The van der Waals surface area contributed by atoms with Gasteiger partial charge >= 0.3 is 0 Å². The summed E-state index contributed by atoms with van der Waals surface area (Å²) in [6, 6.07) is 10.0. The molecule has 1 aromatic carbocycles. The molecular formula is C19H26N4O2. The SMILES string of the molecule is COc1ccc(OCCNc2cc(C)nc(NC3CCCC3)n2)cc1. The van der Waals surface area contributed by atoms with Crippen LogP contribution in [0.3, 0.4) is 0 Å². The third kappa shape index (κ3) is 5.24. The van der Waals surface area contributed by atoms with Gasteiger partial charge in [0.2, 0.25) is 5.95 Å². The minimum absolute atomic E-state index is 0.507. The van der Waals surface area contributed by atoms with E-state index in [-0.39, 0.29) is 0 Å². The number of aromatic nitrogens is 2. The van der Waals surface area contributed by atoms with Gasteiger partial charge in [0.1, 0.15) is 23.9 Å². The minimum Gasteiger partial charge on any atom is -0.497 e. The second-order valence-corrected chi connectivity index (χ2v) is 6.29. The summed E-state index contributed by atoms with van der Waals surface area (Å²) in [6.07, 6.45) is 4.99. The first-order valence-corrected chi connectivity index (χ1v) is 8.86. The highest BCUT2D eigenvalue weighted by atomic mass is 16.5. The van der Waals surface area contributed by atoms with Gasteiger partial charge in [-0.3, -0.25) is 0 Å². The van der Waals surface area contributed by atoms with E-state index in [2.05, 4.69) is 20.6 Å². The lowest BCUT2D eigenvalue weighted by Crippen LogP contribution is -2.18. The third-order valence-corrected chi connectivity index (χ3v) is 4.28. The first kappa shape index (κ1) is 17.3. The topological polar surface area (TPSA) is 68.3 Å². The summed E-state index contributed by atoms with van der Waals surface area (Å²) in [5.41, 5.74) is 0.953. The van der Waals surface area contributed by atoms with Gasteiger partial charge in [0.05, 0.1) is 13.7 Å². The Kier molecular flexibility index (Phi) is 5.93. The summed E-state index contributed by atoms with van der Waals surface area (Å²) in [4.78, 5) is 9.04. The van der Waals surface area contributed by atoms with Gasteiger partial charge in [0, 0.05) is 17.8 Å². The highest BCUT2D eigenvalue weighted by Gasteiger charge is 2.15. The lowest BCUT2D eigenvalue weighted by atomic mass is 10.2. The molecule has 0 bridgehead atoms. The number of methoxy groups -OCH3 is 1. The van der Waals surface area contributed by atoms with Crippen LogP contribution in [-0.2, 0) is 0 Å². The largest absolute Gasteiger partial charge is 0.497 e. The zero-order valence-electron chi connectivity index (χ0n) is 14.9. The predicted octanol–water partition coefficient (Wildman–Crippen LogP) is 3.64. The minimum atomic E-state index is 0.507. The van der Waals surface area contributed by atoms with Crippen LogP contribution in [-0.4, -0.2) is 36.3 Å². The molecule has 1 fully saturated rings. The van der Waals surface area contributed by atoms with E-state index in [0.717, 1.165) is 23.0 Å². The average molecular weight is 342 g/mol. The highest BCUT2D eigenvalue weighted by molar-refractivity contribution is 5.42. The monoisotopic (exact) mass is 342 g/mol. The van der Waals surface area contributed by atoms with E-state index >= 15 is 0 Å². The Morgan fingerprint density at radius 2 is 1.80 bits per heavy atom. The van der Waals surface area contributed by atoms with Crippen molar-refractivity contribution in [1.29, 1.82) is 0 Å².